The SMILES string of the molecule is CCNS(=O)(=O)c1ccc(CCNS(=O)(=O)c2ccc(C)cc2)cc1. The molecule has 0 aliphatic carbocycles. The molecule has 0 aromatic heterocycles. The fraction of sp³-hybridized carbons (Fsp3) is 0.294. The van der Waals surface area contributed by atoms with Crippen LogP contribution in [0.4, 0.5) is 0 Å². The molecule has 0 radical (unpaired) electrons. The molecule has 0 amide bonds. The fourth-order valence-electron chi connectivity index (χ4n) is 2.24. The minimum absolute atomic E-state index is 0.193. The maximum atomic E-state index is 12.2. The molecule has 0 spiro atoms. The van der Waals surface area contributed by atoms with Crippen LogP contribution in [0.5, 0.6) is 0 Å². The molecule has 136 valence electrons. The van der Waals surface area contributed by atoms with E-state index in [0.717, 1.165) is 11.1 Å². The molecule has 0 saturated carbocycles. The normalized spacial score (nSPS) is 12.2. The Morgan fingerprint density at radius 3 is 1.76 bits per heavy atom. The lowest BCUT2D eigenvalue weighted by Gasteiger charge is -2.08. The van der Waals surface area contributed by atoms with Gasteiger partial charge in [-0.25, -0.2) is 26.3 Å². The van der Waals surface area contributed by atoms with E-state index >= 15 is 0 Å². The maximum absolute atomic E-state index is 12.2. The second-order valence-electron chi connectivity index (χ2n) is 5.61. The van der Waals surface area contributed by atoms with E-state index in [4.69, 9.17) is 0 Å². The third kappa shape index (κ3) is 5.37. The smallest absolute Gasteiger partial charge is 0.211 e. The van der Waals surface area contributed by atoms with Crippen LogP contribution in [0, 0.1) is 6.92 Å². The number of benzene rings is 2. The topological polar surface area (TPSA) is 92.3 Å². The van der Waals surface area contributed by atoms with Crippen LogP contribution in [-0.4, -0.2) is 29.9 Å². The highest BCUT2D eigenvalue weighted by Crippen LogP contribution is 2.12. The van der Waals surface area contributed by atoms with Gasteiger partial charge in [-0.15, -0.1) is 0 Å². The summed E-state index contributed by atoms with van der Waals surface area (Å²) >= 11 is 0. The molecule has 2 aromatic carbocycles. The van der Waals surface area contributed by atoms with Crippen molar-refractivity contribution in [3.63, 3.8) is 0 Å². The molecule has 0 aliphatic heterocycles. The first-order valence-electron chi connectivity index (χ1n) is 7.89. The van der Waals surface area contributed by atoms with Crippen LogP contribution in [0.3, 0.4) is 0 Å². The predicted molar refractivity (Wildman–Crippen MR) is 97.4 cm³/mol. The van der Waals surface area contributed by atoms with Crippen molar-refractivity contribution in [1.82, 2.24) is 9.44 Å². The lowest BCUT2D eigenvalue weighted by atomic mass is 10.2. The van der Waals surface area contributed by atoms with Crippen molar-refractivity contribution in [2.45, 2.75) is 30.1 Å². The average Bonchev–Trinajstić information content (AvgIpc) is 2.55. The Labute approximate surface area is 149 Å². The lowest BCUT2D eigenvalue weighted by molar-refractivity contribution is 0.581. The number of nitrogens with one attached hydrogen (secondary N) is 2. The zero-order chi connectivity index (χ0) is 18.5. The van der Waals surface area contributed by atoms with Gasteiger partial charge in [0.25, 0.3) is 0 Å². The summed E-state index contributed by atoms with van der Waals surface area (Å²) in [7, 11) is -7.01. The Kier molecular flexibility index (Phi) is 6.34. The summed E-state index contributed by atoms with van der Waals surface area (Å²) in [4.78, 5) is 0.420. The number of hydrogen-bond donors (Lipinski definition) is 2. The largest absolute Gasteiger partial charge is 0.240 e. The van der Waals surface area contributed by atoms with Crippen LogP contribution in [-0.2, 0) is 26.5 Å². The summed E-state index contributed by atoms with van der Waals surface area (Å²) in [6.07, 6.45) is 0.465. The van der Waals surface area contributed by atoms with Gasteiger partial charge in [0.15, 0.2) is 0 Å². The van der Waals surface area contributed by atoms with Crippen molar-refractivity contribution >= 4 is 20.0 Å². The summed E-state index contributed by atoms with van der Waals surface area (Å²) in [6.45, 7) is 4.16. The van der Waals surface area contributed by atoms with Crippen molar-refractivity contribution in [3.8, 4) is 0 Å². The van der Waals surface area contributed by atoms with E-state index in [0.29, 0.717) is 13.0 Å². The number of aryl methyl sites for hydroxylation is 1. The highest BCUT2D eigenvalue weighted by Gasteiger charge is 2.14. The summed E-state index contributed by atoms with van der Waals surface area (Å²) in [6, 6.07) is 13.0. The van der Waals surface area contributed by atoms with E-state index in [1.165, 1.54) is 12.1 Å². The Morgan fingerprint density at radius 2 is 1.24 bits per heavy atom. The minimum atomic E-state index is -3.54. The molecular formula is C17H22N2O4S2. The van der Waals surface area contributed by atoms with Gasteiger partial charge < -0.3 is 0 Å². The van der Waals surface area contributed by atoms with Gasteiger partial charge in [0.1, 0.15) is 0 Å². The number of rotatable bonds is 8. The maximum Gasteiger partial charge on any atom is 0.240 e. The molecule has 0 atom stereocenters. The quantitative estimate of drug-likeness (QED) is 0.728. The van der Waals surface area contributed by atoms with Crippen molar-refractivity contribution in [2.24, 2.45) is 0 Å². The van der Waals surface area contributed by atoms with Crippen molar-refractivity contribution in [1.29, 1.82) is 0 Å². The molecule has 0 heterocycles. The van der Waals surface area contributed by atoms with Crippen molar-refractivity contribution in [2.75, 3.05) is 13.1 Å². The molecule has 0 saturated heterocycles. The molecule has 2 N–H and O–H groups in total. The summed E-state index contributed by atoms with van der Waals surface area (Å²) in [5.41, 5.74) is 1.84. The predicted octanol–water partition coefficient (Wildman–Crippen LogP) is 1.81. The summed E-state index contributed by atoms with van der Waals surface area (Å²) < 4.78 is 53.1. The molecular weight excluding hydrogens is 360 g/mol. The minimum Gasteiger partial charge on any atom is -0.211 e. The third-order valence-electron chi connectivity index (χ3n) is 3.61. The molecule has 2 aromatic rings. The van der Waals surface area contributed by atoms with E-state index in [1.807, 2.05) is 6.92 Å². The molecule has 0 bridgehead atoms. The highest BCUT2D eigenvalue weighted by molar-refractivity contribution is 7.89. The molecule has 2 rings (SSSR count). The first-order chi connectivity index (χ1) is 11.7. The van der Waals surface area contributed by atoms with Crippen LogP contribution < -0.4 is 9.44 Å². The second-order valence-corrected chi connectivity index (χ2v) is 9.14. The second kappa shape index (κ2) is 8.09. The molecule has 0 unspecified atom stereocenters. The van der Waals surface area contributed by atoms with E-state index in [1.54, 1.807) is 43.3 Å². The average molecular weight is 383 g/mol. The lowest BCUT2D eigenvalue weighted by Crippen LogP contribution is -2.26. The summed E-state index contributed by atoms with van der Waals surface area (Å²) in [5, 5.41) is 0. The van der Waals surface area contributed by atoms with Crippen molar-refractivity contribution < 1.29 is 16.8 Å². The monoisotopic (exact) mass is 382 g/mol. The highest BCUT2D eigenvalue weighted by atomic mass is 32.2. The van der Waals surface area contributed by atoms with Gasteiger partial charge in [0.2, 0.25) is 20.0 Å². The standard InChI is InChI=1S/C17H22N2O4S2/c1-3-18-24(20,21)17-10-6-15(7-11-17)12-13-19-25(22,23)16-8-4-14(2)5-9-16/h4-11,18-19H,3,12-13H2,1-2H3. The van der Waals surface area contributed by atoms with E-state index in [-0.39, 0.29) is 16.3 Å². The van der Waals surface area contributed by atoms with Crippen LogP contribution in [0.15, 0.2) is 58.3 Å². The molecule has 8 heteroatoms. The molecule has 0 fully saturated rings. The molecule has 6 nitrogen and oxygen atoms in total. The van der Waals surface area contributed by atoms with Crippen LogP contribution in [0.1, 0.15) is 18.1 Å². The van der Waals surface area contributed by atoms with E-state index in [2.05, 4.69) is 9.44 Å². The Bertz CT molecular complexity index is 904. The van der Waals surface area contributed by atoms with Crippen LogP contribution in [0.2, 0.25) is 0 Å². The van der Waals surface area contributed by atoms with Crippen LogP contribution in [0.25, 0.3) is 0 Å². The first-order valence-corrected chi connectivity index (χ1v) is 10.9. The first kappa shape index (κ1) is 19.6. The van der Waals surface area contributed by atoms with Gasteiger partial charge in [0, 0.05) is 13.1 Å². The number of sulfonamides is 2. The zero-order valence-electron chi connectivity index (χ0n) is 14.2. The van der Waals surface area contributed by atoms with Crippen molar-refractivity contribution in [3.05, 3.63) is 59.7 Å². The van der Waals surface area contributed by atoms with Gasteiger partial charge in [0.05, 0.1) is 9.79 Å². The van der Waals surface area contributed by atoms with E-state index < -0.39 is 20.0 Å². The number of hydrogen-bond acceptors (Lipinski definition) is 4. The van der Waals surface area contributed by atoms with E-state index in [9.17, 15) is 16.8 Å². The van der Waals surface area contributed by atoms with Gasteiger partial charge in [-0.05, 0) is 43.2 Å². The Morgan fingerprint density at radius 1 is 0.760 bits per heavy atom. The van der Waals surface area contributed by atoms with Crippen LogP contribution >= 0.6 is 0 Å². The molecule has 0 aliphatic rings. The third-order valence-corrected chi connectivity index (χ3v) is 6.64. The van der Waals surface area contributed by atoms with Gasteiger partial charge in [-0.2, -0.15) is 0 Å². The molecule has 25 heavy (non-hydrogen) atoms. The zero-order valence-corrected chi connectivity index (χ0v) is 15.8. The fourth-order valence-corrected chi connectivity index (χ4v) is 4.31. The Balaban J connectivity index is 1.97. The van der Waals surface area contributed by atoms with Gasteiger partial charge >= 0.3 is 0 Å². The summed E-state index contributed by atoms with van der Waals surface area (Å²) in [5.74, 6) is 0. The van der Waals surface area contributed by atoms with Gasteiger partial charge in [-0.3, -0.25) is 0 Å². The Hall–Kier alpha value is -1.74. The van der Waals surface area contributed by atoms with Gasteiger partial charge in [-0.1, -0.05) is 36.8 Å².